The number of aromatic nitrogens is 1. The lowest BCUT2D eigenvalue weighted by Crippen LogP contribution is -2.02. The van der Waals surface area contributed by atoms with Crippen molar-refractivity contribution >= 4 is 28.7 Å². The normalized spacial score (nSPS) is 11.0. The van der Waals surface area contributed by atoms with Crippen LogP contribution < -0.4 is 0 Å². The maximum atomic E-state index is 12.1. The predicted molar refractivity (Wildman–Crippen MR) is 84.5 cm³/mol. The molecule has 3 nitrogen and oxygen atoms in total. The molecule has 2 rings (SSSR count). The van der Waals surface area contributed by atoms with Crippen LogP contribution in [0, 0.1) is 6.92 Å². The molecule has 0 N–H and O–H groups in total. The molecule has 0 radical (unpaired) electrons. The Morgan fingerprint density at radius 3 is 2.70 bits per heavy atom. The lowest BCUT2D eigenvalue weighted by atomic mass is 10.2. The standard InChI is InChI=1S/C15H15ClN2OS/c1-10-14(13(19)8-9-18(2)3)20-15(17-10)11-6-4-5-7-12(11)16/h4-9H,1-3H3. The van der Waals surface area contributed by atoms with Crippen LogP contribution in [0.3, 0.4) is 0 Å². The smallest absolute Gasteiger partial charge is 0.199 e. The molecule has 1 heterocycles. The van der Waals surface area contributed by atoms with E-state index in [0.29, 0.717) is 9.90 Å². The number of allylic oxidation sites excluding steroid dienone is 1. The van der Waals surface area contributed by atoms with E-state index < -0.39 is 0 Å². The van der Waals surface area contributed by atoms with Gasteiger partial charge in [0.05, 0.1) is 15.6 Å². The Hall–Kier alpha value is -1.65. The van der Waals surface area contributed by atoms with Crippen LogP contribution in [0.5, 0.6) is 0 Å². The number of aryl methyl sites for hydroxylation is 1. The molecule has 0 spiro atoms. The highest BCUT2D eigenvalue weighted by atomic mass is 35.5. The fourth-order valence-electron chi connectivity index (χ4n) is 1.67. The van der Waals surface area contributed by atoms with E-state index in [-0.39, 0.29) is 5.78 Å². The Balaban J connectivity index is 2.35. The Morgan fingerprint density at radius 2 is 2.05 bits per heavy atom. The first-order chi connectivity index (χ1) is 9.49. The first-order valence-corrected chi connectivity index (χ1v) is 7.30. The van der Waals surface area contributed by atoms with Crippen LogP contribution in [0.4, 0.5) is 0 Å². The van der Waals surface area contributed by atoms with Crippen molar-refractivity contribution in [3.8, 4) is 10.6 Å². The molecule has 0 aliphatic carbocycles. The van der Waals surface area contributed by atoms with Gasteiger partial charge in [-0.05, 0) is 13.0 Å². The monoisotopic (exact) mass is 306 g/mol. The lowest BCUT2D eigenvalue weighted by Gasteiger charge is -2.01. The zero-order chi connectivity index (χ0) is 14.7. The highest BCUT2D eigenvalue weighted by Crippen LogP contribution is 2.32. The van der Waals surface area contributed by atoms with Crippen molar-refractivity contribution in [3.05, 3.63) is 52.1 Å². The zero-order valence-electron chi connectivity index (χ0n) is 11.6. The Kier molecular flexibility index (Phi) is 4.57. The van der Waals surface area contributed by atoms with Crippen LogP contribution >= 0.6 is 22.9 Å². The van der Waals surface area contributed by atoms with Gasteiger partial charge in [0, 0.05) is 31.9 Å². The number of halogens is 1. The number of ketones is 1. The number of hydrogen-bond acceptors (Lipinski definition) is 4. The van der Waals surface area contributed by atoms with Gasteiger partial charge in [-0.3, -0.25) is 4.79 Å². The molecule has 0 saturated carbocycles. The van der Waals surface area contributed by atoms with Crippen molar-refractivity contribution in [1.82, 2.24) is 9.88 Å². The average Bonchev–Trinajstić information content (AvgIpc) is 2.78. The first kappa shape index (κ1) is 14.8. The lowest BCUT2D eigenvalue weighted by molar-refractivity contribution is 0.104. The summed E-state index contributed by atoms with van der Waals surface area (Å²) in [6, 6.07) is 7.51. The van der Waals surface area contributed by atoms with Crippen molar-refractivity contribution in [3.63, 3.8) is 0 Å². The SMILES string of the molecule is Cc1nc(-c2ccccc2Cl)sc1C(=O)C=CN(C)C. The molecule has 0 aliphatic rings. The van der Waals surface area contributed by atoms with E-state index >= 15 is 0 Å². The third-order valence-corrected chi connectivity index (χ3v) is 4.18. The molecule has 0 atom stereocenters. The highest BCUT2D eigenvalue weighted by molar-refractivity contribution is 7.17. The second-order valence-corrected chi connectivity index (χ2v) is 5.96. The number of carbonyl (C=O) groups excluding carboxylic acids is 1. The topological polar surface area (TPSA) is 33.2 Å². The van der Waals surface area contributed by atoms with Crippen LogP contribution in [0.1, 0.15) is 15.4 Å². The maximum absolute atomic E-state index is 12.1. The number of rotatable bonds is 4. The van der Waals surface area contributed by atoms with Gasteiger partial charge in [0.25, 0.3) is 0 Å². The van der Waals surface area contributed by atoms with Gasteiger partial charge in [0.15, 0.2) is 5.78 Å². The summed E-state index contributed by atoms with van der Waals surface area (Å²) in [5, 5.41) is 1.42. The zero-order valence-corrected chi connectivity index (χ0v) is 13.1. The summed E-state index contributed by atoms with van der Waals surface area (Å²) in [4.78, 5) is 19.1. The van der Waals surface area contributed by atoms with Crippen LogP contribution in [0.25, 0.3) is 10.6 Å². The molecular formula is C15H15ClN2OS. The molecule has 1 aromatic heterocycles. The molecule has 2 aromatic rings. The third-order valence-electron chi connectivity index (χ3n) is 2.65. The van der Waals surface area contributed by atoms with Crippen molar-refractivity contribution in [2.75, 3.05) is 14.1 Å². The van der Waals surface area contributed by atoms with Crippen LogP contribution in [0.15, 0.2) is 36.5 Å². The van der Waals surface area contributed by atoms with Gasteiger partial charge in [-0.2, -0.15) is 0 Å². The Bertz CT molecular complexity index is 662. The van der Waals surface area contributed by atoms with Crippen molar-refractivity contribution in [1.29, 1.82) is 0 Å². The minimum Gasteiger partial charge on any atom is -0.383 e. The molecule has 0 unspecified atom stereocenters. The van der Waals surface area contributed by atoms with Crippen molar-refractivity contribution in [2.45, 2.75) is 6.92 Å². The van der Waals surface area contributed by atoms with E-state index in [1.807, 2.05) is 50.2 Å². The van der Waals surface area contributed by atoms with Crippen molar-refractivity contribution < 1.29 is 4.79 Å². The van der Waals surface area contributed by atoms with E-state index in [1.165, 1.54) is 11.3 Å². The number of benzene rings is 1. The van der Waals surface area contributed by atoms with Gasteiger partial charge >= 0.3 is 0 Å². The molecule has 104 valence electrons. The van der Waals surface area contributed by atoms with Crippen LogP contribution in [-0.4, -0.2) is 29.8 Å². The summed E-state index contributed by atoms with van der Waals surface area (Å²) in [7, 11) is 3.75. The number of thiazole rings is 1. The fourth-order valence-corrected chi connectivity index (χ4v) is 2.97. The number of hydrogen-bond donors (Lipinski definition) is 0. The molecule has 1 aromatic carbocycles. The van der Waals surface area contributed by atoms with Gasteiger partial charge in [0.2, 0.25) is 0 Å². The van der Waals surface area contributed by atoms with Gasteiger partial charge < -0.3 is 4.90 Å². The second-order valence-electron chi connectivity index (χ2n) is 4.56. The van der Waals surface area contributed by atoms with Crippen LogP contribution in [0.2, 0.25) is 5.02 Å². The van der Waals surface area contributed by atoms with Gasteiger partial charge in [0.1, 0.15) is 5.01 Å². The molecule has 20 heavy (non-hydrogen) atoms. The summed E-state index contributed by atoms with van der Waals surface area (Å²) in [6.07, 6.45) is 3.29. The summed E-state index contributed by atoms with van der Waals surface area (Å²) in [5.41, 5.74) is 1.59. The van der Waals surface area contributed by atoms with Crippen molar-refractivity contribution in [2.24, 2.45) is 0 Å². The molecule has 0 amide bonds. The molecule has 0 fully saturated rings. The van der Waals surface area contributed by atoms with E-state index in [2.05, 4.69) is 4.98 Å². The summed E-state index contributed by atoms with van der Waals surface area (Å²) in [6.45, 7) is 1.84. The van der Waals surface area contributed by atoms with E-state index in [1.54, 1.807) is 12.3 Å². The molecule has 0 saturated heterocycles. The molecule has 0 aliphatic heterocycles. The third kappa shape index (κ3) is 3.26. The molecule has 0 bridgehead atoms. The minimum atomic E-state index is -0.0352. The van der Waals surface area contributed by atoms with Gasteiger partial charge in [-0.1, -0.05) is 29.8 Å². The second kappa shape index (κ2) is 6.20. The Labute approximate surface area is 127 Å². The fraction of sp³-hybridized carbons (Fsp3) is 0.200. The molecule has 5 heteroatoms. The van der Waals surface area contributed by atoms with Gasteiger partial charge in [-0.15, -0.1) is 11.3 Å². The summed E-state index contributed by atoms with van der Waals surface area (Å²) >= 11 is 7.54. The minimum absolute atomic E-state index is 0.0352. The highest BCUT2D eigenvalue weighted by Gasteiger charge is 2.15. The first-order valence-electron chi connectivity index (χ1n) is 6.10. The van der Waals surface area contributed by atoms with E-state index in [0.717, 1.165) is 16.3 Å². The summed E-state index contributed by atoms with van der Waals surface area (Å²) in [5.74, 6) is -0.0352. The quantitative estimate of drug-likeness (QED) is 0.631. The van der Waals surface area contributed by atoms with Crippen LogP contribution in [-0.2, 0) is 0 Å². The van der Waals surface area contributed by atoms with E-state index in [4.69, 9.17) is 11.6 Å². The Morgan fingerprint density at radius 1 is 1.35 bits per heavy atom. The number of nitrogens with zero attached hydrogens (tertiary/aromatic N) is 2. The van der Waals surface area contributed by atoms with Gasteiger partial charge in [-0.25, -0.2) is 4.98 Å². The van der Waals surface area contributed by atoms with E-state index in [9.17, 15) is 4.79 Å². The largest absolute Gasteiger partial charge is 0.383 e. The molecular weight excluding hydrogens is 292 g/mol. The number of carbonyl (C=O) groups is 1. The summed E-state index contributed by atoms with van der Waals surface area (Å²) < 4.78 is 0. The average molecular weight is 307 g/mol. The maximum Gasteiger partial charge on any atom is 0.199 e. The predicted octanol–water partition coefficient (Wildman–Crippen LogP) is 4.03.